The summed E-state index contributed by atoms with van der Waals surface area (Å²) in [6.45, 7) is 2.75. The SMILES string of the molecule is CCCCCCCCOc1ccccc1NS(=O)(=O)CCCSc1cccc(C#N)c1C#N. The minimum absolute atomic E-state index is 0.0500. The number of ether oxygens (including phenoxy) is 1. The van der Waals surface area contributed by atoms with E-state index in [2.05, 4.69) is 17.7 Å². The molecule has 8 heteroatoms. The number of hydrogen-bond donors (Lipinski definition) is 1. The number of benzene rings is 2. The van der Waals surface area contributed by atoms with Gasteiger partial charge >= 0.3 is 0 Å². The summed E-state index contributed by atoms with van der Waals surface area (Å²) in [5.74, 6) is 1.00. The van der Waals surface area contributed by atoms with Crippen molar-refractivity contribution < 1.29 is 13.2 Å². The summed E-state index contributed by atoms with van der Waals surface area (Å²) in [5.41, 5.74) is 1.11. The first-order valence-electron chi connectivity index (χ1n) is 11.3. The molecular formula is C25H31N3O3S2. The van der Waals surface area contributed by atoms with E-state index in [4.69, 9.17) is 10.00 Å². The molecule has 33 heavy (non-hydrogen) atoms. The van der Waals surface area contributed by atoms with Crippen molar-refractivity contribution in [3.63, 3.8) is 0 Å². The maximum Gasteiger partial charge on any atom is 0.232 e. The summed E-state index contributed by atoms with van der Waals surface area (Å²) in [6.07, 6.45) is 7.37. The Labute approximate surface area is 202 Å². The van der Waals surface area contributed by atoms with Gasteiger partial charge in [-0.1, -0.05) is 57.2 Å². The Kier molecular flexibility index (Phi) is 11.6. The average molecular weight is 486 g/mol. The number of nitriles is 2. The third-order valence-electron chi connectivity index (χ3n) is 4.98. The molecule has 0 aromatic heterocycles. The topological polar surface area (TPSA) is 103 Å². The van der Waals surface area contributed by atoms with Crippen molar-refractivity contribution in [2.75, 3.05) is 22.8 Å². The zero-order valence-electron chi connectivity index (χ0n) is 19.0. The molecular weight excluding hydrogens is 454 g/mol. The van der Waals surface area contributed by atoms with Crippen molar-refractivity contribution in [2.45, 2.75) is 56.8 Å². The molecule has 0 aliphatic rings. The third kappa shape index (κ3) is 9.37. The fraction of sp³-hybridized carbons (Fsp3) is 0.440. The van der Waals surface area contributed by atoms with Gasteiger partial charge in [0, 0.05) is 4.90 Å². The largest absolute Gasteiger partial charge is 0.491 e. The van der Waals surface area contributed by atoms with Gasteiger partial charge in [-0.25, -0.2) is 8.42 Å². The van der Waals surface area contributed by atoms with Gasteiger partial charge in [-0.05, 0) is 42.9 Å². The molecule has 0 heterocycles. The Bertz CT molecular complexity index is 1070. The molecule has 0 bridgehead atoms. The van der Waals surface area contributed by atoms with Gasteiger partial charge in [0.15, 0.2) is 0 Å². The lowest BCUT2D eigenvalue weighted by atomic mass is 10.1. The van der Waals surface area contributed by atoms with Gasteiger partial charge in [0.05, 0.1) is 29.2 Å². The molecule has 0 atom stereocenters. The predicted octanol–water partition coefficient (Wildman–Crippen LogP) is 6.09. The molecule has 0 spiro atoms. The summed E-state index contributed by atoms with van der Waals surface area (Å²) in [5, 5.41) is 18.4. The highest BCUT2D eigenvalue weighted by molar-refractivity contribution is 7.99. The summed E-state index contributed by atoms with van der Waals surface area (Å²) < 4.78 is 33.7. The number of para-hydroxylation sites is 2. The number of anilines is 1. The van der Waals surface area contributed by atoms with E-state index in [0.29, 0.717) is 46.2 Å². The Morgan fingerprint density at radius 1 is 0.939 bits per heavy atom. The number of thioether (sulfide) groups is 1. The first-order chi connectivity index (χ1) is 16.0. The quantitative estimate of drug-likeness (QED) is 0.242. The molecule has 176 valence electrons. The van der Waals surface area contributed by atoms with Gasteiger partial charge in [-0.3, -0.25) is 4.72 Å². The highest BCUT2D eigenvalue weighted by Crippen LogP contribution is 2.27. The van der Waals surface area contributed by atoms with Crippen LogP contribution in [0.1, 0.15) is 63.0 Å². The van der Waals surface area contributed by atoms with Crippen LogP contribution in [0.25, 0.3) is 0 Å². The summed E-state index contributed by atoms with van der Waals surface area (Å²) >= 11 is 1.38. The molecule has 0 radical (unpaired) electrons. The first kappa shape index (κ1) is 26.6. The molecule has 1 N–H and O–H groups in total. The zero-order valence-corrected chi connectivity index (χ0v) is 20.7. The molecule has 2 rings (SSSR count). The molecule has 0 saturated heterocycles. The maximum absolute atomic E-state index is 12.6. The van der Waals surface area contributed by atoms with E-state index in [1.807, 2.05) is 12.1 Å². The molecule has 0 aliphatic heterocycles. The monoisotopic (exact) mass is 485 g/mol. The normalized spacial score (nSPS) is 10.9. The summed E-state index contributed by atoms with van der Waals surface area (Å²) in [6, 6.07) is 16.2. The van der Waals surface area contributed by atoms with Crippen LogP contribution in [0.4, 0.5) is 5.69 Å². The number of nitrogens with one attached hydrogen (secondary N) is 1. The fourth-order valence-electron chi connectivity index (χ4n) is 3.25. The maximum atomic E-state index is 12.6. The van der Waals surface area contributed by atoms with Crippen LogP contribution in [0.15, 0.2) is 47.4 Å². The Hall–Kier alpha value is -2.68. The predicted molar refractivity (Wildman–Crippen MR) is 134 cm³/mol. The van der Waals surface area contributed by atoms with Crippen LogP contribution >= 0.6 is 11.8 Å². The summed E-state index contributed by atoms with van der Waals surface area (Å²) in [4.78, 5) is 0.690. The number of unbranched alkanes of at least 4 members (excludes halogenated alkanes) is 5. The van der Waals surface area contributed by atoms with Crippen molar-refractivity contribution in [2.24, 2.45) is 0 Å². The lowest BCUT2D eigenvalue weighted by Crippen LogP contribution is -2.18. The van der Waals surface area contributed by atoms with Gasteiger partial charge in [0.1, 0.15) is 17.9 Å². The van der Waals surface area contributed by atoms with Crippen molar-refractivity contribution in [1.29, 1.82) is 10.5 Å². The molecule has 6 nitrogen and oxygen atoms in total. The van der Waals surface area contributed by atoms with Crippen molar-refractivity contribution in [3.8, 4) is 17.9 Å². The van der Waals surface area contributed by atoms with E-state index >= 15 is 0 Å². The highest BCUT2D eigenvalue weighted by Gasteiger charge is 2.14. The second kappa shape index (κ2) is 14.5. The van der Waals surface area contributed by atoms with Gasteiger partial charge in [0.2, 0.25) is 10.0 Å². The van der Waals surface area contributed by atoms with Crippen LogP contribution in [0.3, 0.4) is 0 Å². The average Bonchev–Trinajstić information content (AvgIpc) is 2.81. The van der Waals surface area contributed by atoms with E-state index in [1.54, 1.807) is 36.4 Å². The van der Waals surface area contributed by atoms with Crippen molar-refractivity contribution in [3.05, 3.63) is 53.6 Å². The van der Waals surface area contributed by atoms with Crippen LogP contribution in [-0.4, -0.2) is 26.5 Å². The number of sulfonamides is 1. The van der Waals surface area contributed by atoms with E-state index < -0.39 is 10.0 Å². The van der Waals surface area contributed by atoms with Crippen molar-refractivity contribution >= 4 is 27.5 Å². The second-order valence-electron chi connectivity index (χ2n) is 7.64. The van der Waals surface area contributed by atoms with Crippen molar-refractivity contribution in [1.82, 2.24) is 0 Å². The molecule has 2 aromatic rings. The lowest BCUT2D eigenvalue weighted by molar-refractivity contribution is 0.306. The van der Waals surface area contributed by atoms with E-state index in [1.165, 1.54) is 37.4 Å². The smallest absolute Gasteiger partial charge is 0.232 e. The Balaban J connectivity index is 1.83. The minimum atomic E-state index is -3.55. The van der Waals surface area contributed by atoms with Gasteiger partial charge in [-0.2, -0.15) is 10.5 Å². The zero-order chi connectivity index (χ0) is 23.9. The summed E-state index contributed by atoms with van der Waals surface area (Å²) in [7, 11) is -3.55. The van der Waals surface area contributed by atoms with E-state index in [-0.39, 0.29) is 5.75 Å². The fourth-order valence-corrected chi connectivity index (χ4v) is 5.55. The van der Waals surface area contributed by atoms with Crippen LogP contribution < -0.4 is 9.46 Å². The molecule has 0 fully saturated rings. The van der Waals surface area contributed by atoms with Crippen LogP contribution in [0.2, 0.25) is 0 Å². The van der Waals surface area contributed by atoms with Gasteiger partial charge in [0.25, 0.3) is 0 Å². The van der Waals surface area contributed by atoms with Crippen LogP contribution in [0, 0.1) is 22.7 Å². The lowest BCUT2D eigenvalue weighted by Gasteiger charge is -2.13. The van der Waals surface area contributed by atoms with E-state index in [9.17, 15) is 13.7 Å². The molecule has 2 aromatic carbocycles. The van der Waals surface area contributed by atoms with Gasteiger partial charge < -0.3 is 4.74 Å². The molecule has 0 amide bonds. The minimum Gasteiger partial charge on any atom is -0.491 e. The van der Waals surface area contributed by atoms with Gasteiger partial charge in [-0.15, -0.1) is 11.8 Å². The van der Waals surface area contributed by atoms with Crippen LogP contribution in [0.5, 0.6) is 5.75 Å². The Morgan fingerprint density at radius 3 is 2.45 bits per heavy atom. The highest BCUT2D eigenvalue weighted by atomic mass is 32.2. The third-order valence-corrected chi connectivity index (χ3v) is 7.48. The Morgan fingerprint density at radius 2 is 1.70 bits per heavy atom. The van der Waals surface area contributed by atoms with E-state index in [0.717, 1.165) is 12.8 Å². The standard InChI is InChI=1S/C25H31N3O3S2/c1-2-3-4-5-6-9-16-31-24-14-8-7-13-23(24)28-33(29,30)18-11-17-32-25-15-10-12-21(19-26)22(25)20-27/h7-8,10,12-15,28H,2-6,9,11,16-18H2,1H3. The van der Waals surface area contributed by atoms with Crippen LogP contribution in [-0.2, 0) is 10.0 Å². The number of hydrogen-bond acceptors (Lipinski definition) is 6. The molecule has 0 aliphatic carbocycles. The number of rotatable bonds is 15. The molecule has 0 saturated carbocycles. The second-order valence-corrected chi connectivity index (χ2v) is 10.6. The molecule has 0 unspecified atom stereocenters. The number of nitrogens with zero attached hydrogens (tertiary/aromatic N) is 2. The first-order valence-corrected chi connectivity index (χ1v) is 13.9.